The highest BCUT2D eigenvalue weighted by Gasteiger charge is 2.73. The normalized spacial score (nSPS) is 61.3. The second kappa shape index (κ2) is 2.51. The molecule has 90 valence electrons. The van der Waals surface area contributed by atoms with Crippen molar-refractivity contribution in [2.24, 2.45) is 11.3 Å². The van der Waals surface area contributed by atoms with E-state index in [4.69, 9.17) is 9.47 Å². The summed E-state index contributed by atoms with van der Waals surface area (Å²) in [6.45, 7) is 7.01. The van der Waals surface area contributed by atoms with Crippen molar-refractivity contribution >= 4 is 0 Å². The van der Waals surface area contributed by atoms with Crippen molar-refractivity contribution in [2.75, 3.05) is 0 Å². The lowest BCUT2D eigenvalue weighted by molar-refractivity contribution is -0.166. The Kier molecular flexibility index (Phi) is 1.55. The highest BCUT2D eigenvalue weighted by molar-refractivity contribution is 5.21. The lowest BCUT2D eigenvalue weighted by atomic mass is 9.56. The van der Waals surface area contributed by atoms with E-state index in [0.717, 1.165) is 5.92 Å². The molecule has 5 atom stereocenters. The van der Waals surface area contributed by atoms with Gasteiger partial charge in [-0.3, -0.25) is 0 Å². The van der Waals surface area contributed by atoms with Crippen LogP contribution in [0, 0.1) is 11.3 Å². The summed E-state index contributed by atoms with van der Waals surface area (Å²) in [5.41, 5.74) is 0.531. The Morgan fingerprint density at radius 2 is 1.81 bits per heavy atom. The summed E-state index contributed by atoms with van der Waals surface area (Å²) >= 11 is 0. The number of hydrogen-bond donors (Lipinski definition) is 0. The number of hydrogen-bond acceptors (Lipinski definition) is 2. The maximum atomic E-state index is 6.60. The van der Waals surface area contributed by atoms with Crippen LogP contribution in [0.2, 0.25) is 0 Å². The van der Waals surface area contributed by atoms with Gasteiger partial charge in [-0.15, -0.1) is 0 Å². The Labute approximate surface area is 97.7 Å². The van der Waals surface area contributed by atoms with Gasteiger partial charge in [0.2, 0.25) is 0 Å². The summed E-state index contributed by atoms with van der Waals surface area (Å²) in [4.78, 5) is 0. The molecular weight excluding hydrogens is 200 g/mol. The lowest BCUT2D eigenvalue weighted by Crippen LogP contribution is -2.55. The van der Waals surface area contributed by atoms with E-state index < -0.39 is 0 Å². The van der Waals surface area contributed by atoms with Crippen LogP contribution in [0.3, 0.4) is 0 Å². The average molecular weight is 222 g/mol. The van der Waals surface area contributed by atoms with Gasteiger partial charge in [-0.05, 0) is 57.3 Å². The van der Waals surface area contributed by atoms with Gasteiger partial charge >= 0.3 is 0 Å². The van der Waals surface area contributed by atoms with Crippen LogP contribution in [-0.2, 0) is 9.47 Å². The van der Waals surface area contributed by atoms with Crippen LogP contribution in [-0.4, -0.2) is 23.4 Å². The molecule has 0 aromatic heterocycles. The Bertz CT molecular complexity index is 351. The number of fused-ring (bicyclic) bond motifs is 2. The fourth-order valence-electron chi connectivity index (χ4n) is 4.82. The number of epoxide rings is 1. The van der Waals surface area contributed by atoms with Gasteiger partial charge < -0.3 is 9.47 Å². The molecule has 4 fully saturated rings. The molecule has 16 heavy (non-hydrogen) atoms. The minimum absolute atomic E-state index is 0.0718. The molecule has 0 amide bonds. The second-order valence-corrected chi connectivity index (χ2v) is 7.23. The first-order valence-electron chi connectivity index (χ1n) is 6.83. The molecule has 2 saturated heterocycles. The van der Waals surface area contributed by atoms with E-state index in [0.29, 0.717) is 17.6 Å². The molecule has 2 aliphatic heterocycles. The Morgan fingerprint density at radius 1 is 1.06 bits per heavy atom. The lowest BCUT2D eigenvalue weighted by Gasteiger charge is -2.50. The van der Waals surface area contributed by atoms with Gasteiger partial charge in [0.05, 0.1) is 11.7 Å². The molecule has 2 bridgehead atoms. The van der Waals surface area contributed by atoms with E-state index in [9.17, 15) is 0 Å². The zero-order valence-electron chi connectivity index (χ0n) is 10.6. The van der Waals surface area contributed by atoms with E-state index in [-0.39, 0.29) is 11.2 Å². The molecule has 2 nitrogen and oxygen atoms in total. The predicted molar refractivity (Wildman–Crippen MR) is 61.2 cm³/mol. The molecule has 1 spiro atoms. The monoisotopic (exact) mass is 222 g/mol. The maximum absolute atomic E-state index is 6.60. The molecule has 4 aliphatic rings. The van der Waals surface area contributed by atoms with Gasteiger partial charge in [0, 0.05) is 0 Å². The van der Waals surface area contributed by atoms with Crippen molar-refractivity contribution in [3.05, 3.63) is 0 Å². The van der Waals surface area contributed by atoms with Gasteiger partial charge in [-0.25, -0.2) is 0 Å². The van der Waals surface area contributed by atoms with Crippen molar-refractivity contribution in [2.45, 2.75) is 76.3 Å². The second-order valence-electron chi connectivity index (χ2n) is 7.23. The molecule has 2 saturated carbocycles. The fraction of sp³-hybridized carbons (Fsp3) is 1.00. The molecule has 0 radical (unpaired) electrons. The minimum Gasteiger partial charge on any atom is -0.366 e. The summed E-state index contributed by atoms with van der Waals surface area (Å²) in [6, 6.07) is 0. The topological polar surface area (TPSA) is 21.8 Å². The predicted octanol–water partition coefficient (Wildman–Crippen LogP) is 2.90. The standard InChI is InChI=1S/C14H22O2/c1-12(2)9-4-6-13(3)7-5-10-11(15-10)14(13,8-9)16-12/h9-11H,4-8H2,1-3H3. The molecule has 4 rings (SSSR count). The van der Waals surface area contributed by atoms with Crippen LogP contribution in [0.5, 0.6) is 0 Å². The third-order valence-electron chi connectivity index (χ3n) is 6.07. The van der Waals surface area contributed by atoms with Crippen LogP contribution in [0.1, 0.15) is 52.9 Å². The van der Waals surface area contributed by atoms with Crippen molar-refractivity contribution in [1.82, 2.24) is 0 Å². The van der Waals surface area contributed by atoms with Crippen molar-refractivity contribution in [3.8, 4) is 0 Å². The first-order chi connectivity index (χ1) is 7.47. The highest BCUT2D eigenvalue weighted by Crippen LogP contribution is 2.67. The van der Waals surface area contributed by atoms with Gasteiger partial charge in [0.25, 0.3) is 0 Å². The van der Waals surface area contributed by atoms with Crippen LogP contribution >= 0.6 is 0 Å². The molecule has 2 heteroatoms. The molecule has 0 N–H and O–H groups in total. The first-order valence-corrected chi connectivity index (χ1v) is 6.83. The highest BCUT2D eigenvalue weighted by atomic mass is 16.6. The van der Waals surface area contributed by atoms with Gasteiger partial charge in [-0.2, -0.15) is 0 Å². The van der Waals surface area contributed by atoms with E-state index in [1.165, 1.54) is 32.1 Å². The summed E-state index contributed by atoms with van der Waals surface area (Å²) in [7, 11) is 0. The number of ether oxygens (including phenoxy) is 2. The Hall–Kier alpha value is -0.0800. The summed E-state index contributed by atoms with van der Waals surface area (Å²) in [6.07, 6.45) is 7.46. The minimum atomic E-state index is 0.0718. The third kappa shape index (κ3) is 0.932. The van der Waals surface area contributed by atoms with Crippen molar-refractivity contribution in [1.29, 1.82) is 0 Å². The largest absolute Gasteiger partial charge is 0.366 e. The van der Waals surface area contributed by atoms with E-state index in [1.807, 2.05) is 0 Å². The van der Waals surface area contributed by atoms with Gasteiger partial charge in [0.15, 0.2) is 0 Å². The van der Waals surface area contributed by atoms with Crippen molar-refractivity contribution in [3.63, 3.8) is 0 Å². The quantitative estimate of drug-likeness (QED) is 0.588. The third-order valence-corrected chi connectivity index (χ3v) is 6.07. The van der Waals surface area contributed by atoms with Crippen LogP contribution in [0.15, 0.2) is 0 Å². The molecule has 0 aromatic rings. The van der Waals surface area contributed by atoms with E-state index in [1.54, 1.807) is 0 Å². The van der Waals surface area contributed by atoms with Gasteiger partial charge in [-0.1, -0.05) is 6.92 Å². The summed E-state index contributed by atoms with van der Waals surface area (Å²) in [5, 5.41) is 0. The first kappa shape index (κ1) is 9.90. The zero-order valence-corrected chi connectivity index (χ0v) is 10.6. The van der Waals surface area contributed by atoms with Crippen LogP contribution in [0.25, 0.3) is 0 Å². The Morgan fingerprint density at radius 3 is 2.62 bits per heavy atom. The summed E-state index contributed by atoms with van der Waals surface area (Å²) in [5.74, 6) is 0.753. The van der Waals surface area contributed by atoms with Crippen LogP contribution < -0.4 is 0 Å². The van der Waals surface area contributed by atoms with Gasteiger partial charge in [0.1, 0.15) is 11.7 Å². The Balaban J connectivity index is 1.81. The molecular formula is C14H22O2. The zero-order chi connectivity index (χ0) is 11.2. The summed E-state index contributed by atoms with van der Waals surface area (Å²) < 4.78 is 12.5. The number of rotatable bonds is 0. The van der Waals surface area contributed by atoms with Crippen LogP contribution in [0.4, 0.5) is 0 Å². The molecule has 2 aliphatic carbocycles. The van der Waals surface area contributed by atoms with E-state index >= 15 is 0 Å². The SMILES string of the molecule is CC1(C)OC23CC1CCC2(C)CCC1OC13. The van der Waals surface area contributed by atoms with Crippen molar-refractivity contribution < 1.29 is 9.47 Å². The average Bonchev–Trinajstić information content (AvgIpc) is 2.94. The fourth-order valence-corrected chi connectivity index (χ4v) is 4.82. The maximum Gasteiger partial charge on any atom is 0.114 e. The van der Waals surface area contributed by atoms with E-state index in [2.05, 4.69) is 20.8 Å². The smallest absolute Gasteiger partial charge is 0.114 e. The molecule has 2 heterocycles. The molecule has 5 unspecified atom stereocenters. The molecule has 0 aromatic carbocycles.